The Bertz CT molecular complexity index is 1610. The molecule has 1 fully saturated rings. The van der Waals surface area contributed by atoms with Crippen LogP contribution < -0.4 is 19.7 Å². The molecule has 2 aliphatic heterocycles. The van der Waals surface area contributed by atoms with E-state index in [-0.39, 0.29) is 16.9 Å². The zero-order chi connectivity index (χ0) is 33.4. The summed E-state index contributed by atoms with van der Waals surface area (Å²) in [4.78, 5) is 2.58. The molecule has 252 valence electrons. The molecule has 2 aliphatic rings. The minimum Gasteiger partial charge on any atom is -0.497 e. The molecule has 2 heterocycles. The highest BCUT2D eigenvalue weighted by atomic mass is 32.2. The van der Waals surface area contributed by atoms with Gasteiger partial charge in [-0.2, -0.15) is 5.26 Å². The molecule has 3 aromatic carbocycles. The van der Waals surface area contributed by atoms with E-state index in [2.05, 4.69) is 22.4 Å². The number of benzene rings is 3. The Morgan fingerprint density at radius 1 is 1.09 bits per heavy atom. The fourth-order valence-electron chi connectivity index (χ4n) is 6.78. The van der Waals surface area contributed by atoms with E-state index in [0.29, 0.717) is 39.2 Å². The van der Waals surface area contributed by atoms with E-state index in [0.717, 1.165) is 53.4 Å². The van der Waals surface area contributed by atoms with E-state index in [1.54, 1.807) is 38.5 Å². The number of anilines is 1. The van der Waals surface area contributed by atoms with Crippen molar-refractivity contribution in [3.8, 4) is 17.6 Å². The number of rotatable bonds is 14. The molecule has 0 aliphatic carbocycles. The number of methoxy groups -OCH3 is 2. The van der Waals surface area contributed by atoms with E-state index in [4.69, 9.17) is 18.9 Å². The second-order valence-electron chi connectivity index (χ2n) is 12.4. The van der Waals surface area contributed by atoms with Crippen molar-refractivity contribution < 1.29 is 27.4 Å². The molecule has 1 N–H and O–H groups in total. The Morgan fingerprint density at radius 3 is 2.53 bits per heavy atom. The van der Waals surface area contributed by atoms with E-state index in [9.17, 15) is 13.7 Å². The van der Waals surface area contributed by atoms with Gasteiger partial charge in [0.15, 0.2) is 9.84 Å². The third kappa shape index (κ3) is 8.10. The van der Waals surface area contributed by atoms with Gasteiger partial charge in [-0.3, -0.25) is 0 Å². The van der Waals surface area contributed by atoms with Gasteiger partial charge in [0.25, 0.3) is 0 Å². The Labute approximate surface area is 279 Å². The number of piperidine rings is 1. The highest BCUT2D eigenvalue weighted by Crippen LogP contribution is 2.38. The van der Waals surface area contributed by atoms with Crippen LogP contribution in [-0.2, 0) is 25.9 Å². The largest absolute Gasteiger partial charge is 0.497 e. The summed E-state index contributed by atoms with van der Waals surface area (Å²) in [6.45, 7) is 7.71. The quantitative estimate of drug-likeness (QED) is 0.219. The molecule has 0 bridgehead atoms. The van der Waals surface area contributed by atoms with Gasteiger partial charge in [-0.25, -0.2) is 8.42 Å². The van der Waals surface area contributed by atoms with Crippen molar-refractivity contribution in [3.63, 3.8) is 0 Å². The van der Waals surface area contributed by atoms with Crippen molar-refractivity contribution >= 4 is 15.5 Å². The second-order valence-corrected chi connectivity index (χ2v) is 14.5. The first-order chi connectivity index (χ1) is 22.8. The van der Waals surface area contributed by atoms with Crippen LogP contribution in [0.15, 0.2) is 71.6 Å². The molecule has 0 amide bonds. The summed E-state index contributed by atoms with van der Waals surface area (Å²) in [5, 5.41) is 12.8. The van der Waals surface area contributed by atoms with E-state index in [1.807, 2.05) is 50.2 Å². The van der Waals surface area contributed by atoms with Gasteiger partial charge >= 0.3 is 0 Å². The summed E-state index contributed by atoms with van der Waals surface area (Å²) in [5.74, 6) is 0.848. The molecule has 2 unspecified atom stereocenters. The molecule has 1 saturated heterocycles. The summed E-state index contributed by atoms with van der Waals surface area (Å²) in [6, 6.07) is 22.9. The lowest BCUT2D eigenvalue weighted by atomic mass is 9.81. The first-order valence-electron chi connectivity index (χ1n) is 16.5. The van der Waals surface area contributed by atoms with Crippen LogP contribution >= 0.6 is 0 Å². The van der Waals surface area contributed by atoms with Crippen molar-refractivity contribution in [2.75, 3.05) is 52.0 Å². The Hall–Kier alpha value is -3.62. The van der Waals surface area contributed by atoms with Crippen molar-refractivity contribution in [2.24, 2.45) is 5.92 Å². The summed E-state index contributed by atoms with van der Waals surface area (Å²) in [5.41, 5.74) is 4.13. The molecular weight excluding hydrogens is 614 g/mol. The van der Waals surface area contributed by atoms with Crippen LogP contribution in [0.4, 0.5) is 5.69 Å². The first-order valence-corrected chi connectivity index (χ1v) is 18.0. The molecule has 0 spiro atoms. The zero-order valence-corrected chi connectivity index (χ0v) is 28.7. The number of nitrogens with one attached hydrogen (secondary N) is 1. The van der Waals surface area contributed by atoms with Crippen LogP contribution in [0.25, 0.3) is 0 Å². The summed E-state index contributed by atoms with van der Waals surface area (Å²) in [6.07, 6.45) is 1.63. The van der Waals surface area contributed by atoms with Crippen LogP contribution in [0.3, 0.4) is 0 Å². The molecule has 5 atom stereocenters. The third-order valence-corrected chi connectivity index (χ3v) is 11.7. The fourth-order valence-corrected chi connectivity index (χ4v) is 8.94. The first kappa shape index (κ1) is 34.7. The van der Waals surface area contributed by atoms with Gasteiger partial charge in [-0.05, 0) is 73.7 Å². The lowest BCUT2D eigenvalue weighted by molar-refractivity contribution is 0.00182. The van der Waals surface area contributed by atoms with Crippen LogP contribution in [0.2, 0.25) is 0 Å². The van der Waals surface area contributed by atoms with Gasteiger partial charge in [0.05, 0.1) is 54.2 Å². The molecule has 0 radical (unpaired) electrons. The van der Waals surface area contributed by atoms with Crippen molar-refractivity contribution in [2.45, 2.75) is 67.9 Å². The maximum absolute atomic E-state index is 14.2. The Balaban J connectivity index is 1.40. The number of fused-ring (bicyclic) bond motifs is 1. The van der Waals surface area contributed by atoms with Gasteiger partial charge < -0.3 is 29.2 Å². The third-order valence-electron chi connectivity index (χ3n) is 9.41. The Morgan fingerprint density at radius 2 is 1.85 bits per heavy atom. The molecule has 10 heteroatoms. The highest BCUT2D eigenvalue weighted by molar-refractivity contribution is 7.92. The molecule has 9 nitrogen and oxygen atoms in total. The fraction of sp³-hybridized carbons (Fsp3) is 0.486. The van der Waals surface area contributed by atoms with Gasteiger partial charge in [0, 0.05) is 38.8 Å². The smallest absolute Gasteiger partial charge is 0.184 e. The van der Waals surface area contributed by atoms with Crippen molar-refractivity contribution in [1.82, 2.24) is 5.32 Å². The van der Waals surface area contributed by atoms with E-state index in [1.165, 1.54) is 0 Å². The number of aryl methyl sites for hydroxylation is 1. The van der Waals surface area contributed by atoms with E-state index < -0.39 is 27.0 Å². The number of hydrogen-bond donors (Lipinski definition) is 1. The monoisotopic (exact) mass is 661 g/mol. The van der Waals surface area contributed by atoms with Crippen LogP contribution in [0.5, 0.6) is 11.5 Å². The second kappa shape index (κ2) is 16.0. The number of sulfone groups is 1. The van der Waals surface area contributed by atoms with Gasteiger partial charge in [0.1, 0.15) is 18.1 Å². The lowest BCUT2D eigenvalue weighted by Gasteiger charge is -2.41. The molecule has 3 aromatic rings. The van der Waals surface area contributed by atoms with Crippen molar-refractivity contribution in [1.29, 1.82) is 5.26 Å². The number of hydrogen-bond acceptors (Lipinski definition) is 9. The van der Waals surface area contributed by atoms with Crippen molar-refractivity contribution in [3.05, 3.63) is 83.4 Å². The molecule has 0 saturated carbocycles. The average Bonchev–Trinajstić information content (AvgIpc) is 3.10. The normalized spacial score (nSPS) is 20.8. The van der Waals surface area contributed by atoms with E-state index >= 15 is 0 Å². The number of nitriles is 1. The molecular formula is C37H47N3O6S. The highest BCUT2D eigenvalue weighted by Gasteiger charge is 2.44. The lowest BCUT2D eigenvalue weighted by Crippen LogP contribution is -2.55. The van der Waals surface area contributed by atoms with Gasteiger partial charge in [-0.15, -0.1) is 0 Å². The topological polar surface area (TPSA) is 110 Å². The zero-order valence-electron chi connectivity index (χ0n) is 27.9. The summed E-state index contributed by atoms with van der Waals surface area (Å²) in [7, 11) is -0.465. The summed E-state index contributed by atoms with van der Waals surface area (Å²) >= 11 is 0. The standard InChI is InChI=1S/C37H47N3O6S/c1-5-28(23-38)37(47(41,42)31-14-7-26(2)8-15-31)33-22-32(29-10-12-30(44-4)13-11-29)36(24-39-33)46-25-27-9-16-35-34(21-27)40(18-20-45-35)17-6-19-43-3/h7-16,21,28,32-33,36-37,39H,5-6,17-20,22,24-25H2,1-4H3/t28?,32-,33+,36+,37?/m1/s1. The van der Waals surface area contributed by atoms with Crippen LogP contribution in [0, 0.1) is 24.2 Å². The average molecular weight is 662 g/mol. The minimum absolute atomic E-state index is 0.106. The van der Waals surface area contributed by atoms with Crippen LogP contribution in [0.1, 0.15) is 48.8 Å². The molecule has 47 heavy (non-hydrogen) atoms. The number of nitrogens with zero attached hydrogens (tertiary/aromatic N) is 2. The number of ether oxygens (including phenoxy) is 4. The van der Waals surface area contributed by atoms with Crippen LogP contribution in [-0.4, -0.2) is 72.9 Å². The predicted molar refractivity (Wildman–Crippen MR) is 183 cm³/mol. The minimum atomic E-state index is -3.82. The van der Waals surface area contributed by atoms with Gasteiger partial charge in [-0.1, -0.05) is 42.8 Å². The summed E-state index contributed by atoms with van der Waals surface area (Å²) < 4.78 is 51.6. The Kier molecular flexibility index (Phi) is 11.8. The van der Waals surface area contributed by atoms with Gasteiger partial charge in [0.2, 0.25) is 0 Å². The predicted octanol–water partition coefficient (Wildman–Crippen LogP) is 5.66. The SMILES string of the molecule is CCC(C#N)C([C@@H]1C[C@H](c2ccc(OC)cc2)[C@@H](OCc2ccc3c(c2)N(CCCOC)CCO3)CN1)S(=O)(=O)c1ccc(C)cc1. The molecule has 0 aromatic heterocycles. The maximum atomic E-state index is 14.2. The maximum Gasteiger partial charge on any atom is 0.184 e. The molecule has 5 rings (SSSR count).